The minimum absolute atomic E-state index is 0.0185. The second-order valence-corrected chi connectivity index (χ2v) is 6.25. The number of halogens is 1. The molecule has 0 radical (unpaired) electrons. The van der Waals surface area contributed by atoms with E-state index in [0.29, 0.717) is 28.0 Å². The van der Waals surface area contributed by atoms with E-state index in [1.807, 2.05) is 10.8 Å². The van der Waals surface area contributed by atoms with E-state index in [2.05, 4.69) is 5.10 Å². The average molecular weight is 307 g/mol. The molecular weight excluding hydrogens is 296 g/mol. The third kappa shape index (κ3) is 2.42. The molecule has 2 aromatic rings. The second-order valence-electron chi connectivity index (χ2n) is 4.54. The van der Waals surface area contributed by atoms with Crippen LogP contribution in [0, 0.1) is 11.3 Å². The van der Waals surface area contributed by atoms with Crippen molar-refractivity contribution in [1.29, 1.82) is 5.26 Å². The van der Waals surface area contributed by atoms with Gasteiger partial charge in [0.15, 0.2) is 5.69 Å². The van der Waals surface area contributed by atoms with Crippen molar-refractivity contribution >= 4 is 28.8 Å². The highest BCUT2D eigenvalue weighted by Gasteiger charge is 2.22. The molecule has 1 aliphatic rings. The second kappa shape index (κ2) is 5.27. The zero-order valence-electron chi connectivity index (χ0n) is 10.5. The smallest absolute Gasteiger partial charge is 0.264 e. The Labute approximate surface area is 125 Å². The molecule has 0 bridgehead atoms. The number of thiophene rings is 1. The Morgan fingerprint density at radius 2 is 2.30 bits per heavy atom. The van der Waals surface area contributed by atoms with Crippen LogP contribution in [-0.4, -0.2) is 27.1 Å². The molecule has 7 heteroatoms. The first-order valence-corrected chi connectivity index (χ1v) is 7.38. The van der Waals surface area contributed by atoms with E-state index < -0.39 is 0 Å². The van der Waals surface area contributed by atoms with Gasteiger partial charge in [-0.15, -0.1) is 11.3 Å². The summed E-state index contributed by atoms with van der Waals surface area (Å²) in [6.45, 7) is 1.88. The van der Waals surface area contributed by atoms with Crippen molar-refractivity contribution in [2.75, 3.05) is 6.54 Å². The Bertz CT molecular complexity index is 700. The number of rotatable bonds is 1. The van der Waals surface area contributed by atoms with E-state index in [4.69, 9.17) is 16.9 Å². The van der Waals surface area contributed by atoms with E-state index in [0.717, 1.165) is 18.7 Å². The van der Waals surface area contributed by atoms with Crippen LogP contribution in [0.1, 0.15) is 27.5 Å². The van der Waals surface area contributed by atoms with Crippen molar-refractivity contribution in [1.82, 2.24) is 14.7 Å². The molecule has 3 rings (SSSR count). The van der Waals surface area contributed by atoms with Gasteiger partial charge in [-0.25, -0.2) is 0 Å². The Hall–Kier alpha value is -1.84. The van der Waals surface area contributed by atoms with Crippen molar-refractivity contribution in [3.63, 3.8) is 0 Å². The Kier molecular flexibility index (Phi) is 3.47. The summed E-state index contributed by atoms with van der Waals surface area (Å²) >= 11 is 7.16. The topological polar surface area (TPSA) is 61.9 Å². The fourth-order valence-corrected chi connectivity index (χ4v) is 3.29. The van der Waals surface area contributed by atoms with Crippen LogP contribution in [0.2, 0.25) is 4.34 Å². The maximum absolute atomic E-state index is 12.4. The van der Waals surface area contributed by atoms with Gasteiger partial charge in [0.25, 0.3) is 5.91 Å². The van der Waals surface area contributed by atoms with Gasteiger partial charge in [-0.05, 0) is 24.6 Å². The standard InChI is InChI=1S/C13H11ClN4OS/c14-12-3-2-11(20-12)13(19)17-4-1-5-18-10(8-17)6-9(7-15)16-18/h2-3,6H,1,4-5,8H2. The highest BCUT2D eigenvalue weighted by Crippen LogP contribution is 2.24. The van der Waals surface area contributed by atoms with Crippen molar-refractivity contribution in [2.24, 2.45) is 0 Å². The van der Waals surface area contributed by atoms with Gasteiger partial charge in [0, 0.05) is 13.1 Å². The maximum Gasteiger partial charge on any atom is 0.264 e. The molecule has 0 aliphatic carbocycles. The highest BCUT2D eigenvalue weighted by atomic mass is 35.5. The summed E-state index contributed by atoms with van der Waals surface area (Å²) in [6.07, 6.45) is 0.824. The normalized spacial score (nSPS) is 14.5. The SMILES string of the molecule is N#Cc1cc2n(n1)CCCN(C(=O)c1ccc(Cl)s1)C2. The molecule has 20 heavy (non-hydrogen) atoms. The molecule has 0 unspecified atom stereocenters. The summed E-state index contributed by atoms with van der Waals surface area (Å²) in [4.78, 5) is 14.9. The average Bonchev–Trinajstić information content (AvgIpc) is 2.99. The van der Waals surface area contributed by atoms with E-state index in [-0.39, 0.29) is 5.91 Å². The number of nitriles is 1. The Balaban J connectivity index is 1.85. The van der Waals surface area contributed by atoms with Crippen LogP contribution in [0.5, 0.6) is 0 Å². The number of amides is 1. The van der Waals surface area contributed by atoms with Gasteiger partial charge >= 0.3 is 0 Å². The number of aryl methyl sites for hydroxylation is 1. The lowest BCUT2D eigenvalue weighted by Gasteiger charge is -2.18. The van der Waals surface area contributed by atoms with Crippen LogP contribution in [0.25, 0.3) is 0 Å². The van der Waals surface area contributed by atoms with Gasteiger partial charge < -0.3 is 4.90 Å². The van der Waals surface area contributed by atoms with Crippen molar-refractivity contribution < 1.29 is 4.79 Å². The first-order chi connectivity index (χ1) is 9.67. The van der Waals surface area contributed by atoms with Gasteiger partial charge in [-0.3, -0.25) is 9.48 Å². The molecular formula is C13H11ClN4OS. The van der Waals surface area contributed by atoms with Crippen molar-refractivity contribution in [3.05, 3.63) is 38.8 Å². The number of carbonyl (C=O) groups is 1. The lowest BCUT2D eigenvalue weighted by Crippen LogP contribution is -2.30. The third-order valence-electron chi connectivity index (χ3n) is 3.20. The summed E-state index contributed by atoms with van der Waals surface area (Å²) in [7, 11) is 0. The number of hydrogen-bond donors (Lipinski definition) is 0. The predicted molar refractivity (Wildman–Crippen MR) is 75.6 cm³/mol. The Morgan fingerprint density at radius 1 is 1.45 bits per heavy atom. The number of aromatic nitrogens is 2. The summed E-state index contributed by atoms with van der Waals surface area (Å²) in [5.41, 5.74) is 1.29. The van der Waals surface area contributed by atoms with Gasteiger partial charge in [0.05, 0.1) is 21.5 Å². The fourth-order valence-electron chi connectivity index (χ4n) is 2.28. The molecule has 0 spiro atoms. The van der Waals surface area contributed by atoms with Gasteiger partial charge in [0.1, 0.15) is 6.07 Å². The quantitative estimate of drug-likeness (QED) is 0.813. The first kappa shape index (κ1) is 13.2. The van der Waals surface area contributed by atoms with Gasteiger partial charge in [-0.2, -0.15) is 10.4 Å². The fraction of sp³-hybridized carbons (Fsp3) is 0.308. The summed E-state index contributed by atoms with van der Waals surface area (Å²) in [6, 6.07) is 7.26. The maximum atomic E-state index is 12.4. The largest absolute Gasteiger partial charge is 0.332 e. The van der Waals surface area contributed by atoms with Crippen LogP contribution in [-0.2, 0) is 13.1 Å². The van der Waals surface area contributed by atoms with E-state index in [1.165, 1.54) is 11.3 Å². The lowest BCUT2D eigenvalue weighted by atomic mass is 10.3. The van der Waals surface area contributed by atoms with Crippen LogP contribution in [0.4, 0.5) is 0 Å². The molecule has 1 amide bonds. The highest BCUT2D eigenvalue weighted by molar-refractivity contribution is 7.17. The zero-order valence-corrected chi connectivity index (χ0v) is 12.1. The lowest BCUT2D eigenvalue weighted by molar-refractivity contribution is 0.0750. The molecule has 3 heterocycles. The van der Waals surface area contributed by atoms with Crippen molar-refractivity contribution in [3.8, 4) is 6.07 Å². The third-order valence-corrected chi connectivity index (χ3v) is 4.42. The number of hydrogen-bond acceptors (Lipinski definition) is 4. The summed E-state index contributed by atoms with van der Waals surface area (Å²) < 4.78 is 2.42. The zero-order chi connectivity index (χ0) is 14.1. The monoisotopic (exact) mass is 306 g/mol. The first-order valence-electron chi connectivity index (χ1n) is 6.19. The molecule has 1 aliphatic heterocycles. The number of fused-ring (bicyclic) bond motifs is 1. The molecule has 0 aromatic carbocycles. The molecule has 0 N–H and O–H groups in total. The van der Waals surface area contributed by atoms with E-state index in [9.17, 15) is 4.79 Å². The van der Waals surface area contributed by atoms with Gasteiger partial charge in [-0.1, -0.05) is 11.6 Å². The molecule has 2 aromatic heterocycles. The minimum atomic E-state index is -0.0185. The van der Waals surface area contributed by atoms with E-state index >= 15 is 0 Å². The van der Waals surface area contributed by atoms with Crippen LogP contribution < -0.4 is 0 Å². The number of nitrogens with zero attached hydrogens (tertiary/aromatic N) is 4. The number of carbonyl (C=O) groups excluding carboxylic acids is 1. The molecule has 0 saturated carbocycles. The summed E-state index contributed by atoms with van der Waals surface area (Å²) in [5, 5.41) is 13.1. The Morgan fingerprint density at radius 3 is 3.00 bits per heavy atom. The molecule has 102 valence electrons. The van der Waals surface area contributed by atoms with Crippen LogP contribution in [0.15, 0.2) is 18.2 Å². The predicted octanol–water partition coefficient (Wildman–Crippen LogP) is 2.52. The minimum Gasteiger partial charge on any atom is -0.332 e. The molecule has 0 atom stereocenters. The molecule has 5 nitrogen and oxygen atoms in total. The van der Waals surface area contributed by atoms with Crippen molar-refractivity contribution in [2.45, 2.75) is 19.5 Å². The van der Waals surface area contributed by atoms with Gasteiger partial charge in [0.2, 0.25) is 0 Å². The summed E-state index contributed by atoms with van der Waals surface area (Å²) in [5.74, 6) is -0.0185. The van der Waals surface area contributed by atoms with Crippen LogP contribution in [0.3, 0.4) is 0 Å². The van der Waals surface area contributed by atoms with Crippen LogP contribution >= 0.6 is 22.9 Å². The van der Waals surface area contributed by atoms with E-state index in [1.54, 1.807) is 23.1 Å². The molecule has 0 saturated heterocycles. The molecule has 0 fully saturated rings.